The first-order chi connectivity index (χ1) is 12.2. The highest BCUT2D eigenvalue weighted by Crippen LogP contribution is 2.27. The molecule has 1 fully saturated rings. The maximum atomic E-state index is 13.7. The molecule has 0 spiro atoms. The Bertz CT molecular complexity index is 693. The minimum Gasteiger partial charge on any atom is -0.406 e. The summed E-state index contributed by atoms with van der Waals surface area (Å²) in [5, 5.41) is 2.18. The van der Waals surface area contributed by atoms with Gasteiger partial charge in [0, 0.05) is 19.0 Å². The third kappa shape index (κ3) is 5.45. The van der Waals surface area contributed by atoms with E-state index in [-0.39, 0.29) is 25.5 Å². The quantitative estimate of drug-likeness (QED) is 0.633. The number of carbonyl (C=O) groups excluding carboxylic acids is 2. The number of nitrogens with zero attached hydrogens (tertiary/aromatic N) is 1. The summed E-state index contributed by atoms with van der Waals surface area (Å²) in [5.41, 5.74) is -0.463. The van der Waals surface area contributed by atoms with E-state index in [4.69, 9.17) is 4.74 Å². The van der Waals surface area contributed by atoms with Gasteiger partial charge in [-0.2, -0.15) is 0 Å². The summed E-state index contributed by atoms with van der Waals surface area (Å²) in [6, 6.07) is 1.67. The maximum absolute atomic E-state index is 13.7. The van der Waals surface area contributed by atoms with E-state index in [0.29, 0.717) is 6.61 Å². The topological polar surface area (TPSA) is 67.9 Å². The summed E-state index contributed by atoms with van der Waals surface area (Å²) in [5.74, 6) is -2.66. The van der Waals surface area contributed by atoms with Crippen molar-refractivity contribution in [2.24, 2.45) is 0 Å². The molecule has 0 aliphatic carbocycles. The number of morpholine rings is 1. The van der Waals surface area contributed by atoms with Crippen molar-refractivity contribution in [3.63, 3.8) is 0 Å². The minimum absolute atomic E-state index is 0.104. The number of amides is 2. The number of ether oxygens (including phenoxy) is 2. The van der Waals surface area contributed by atoms with Crippen LogP contribution in [0, 0.1) is 5.82 Å². The molecule has 0 saturated carbocycles. The van der Waals surface area contributed by atoms with E-state index in [1.54, 1.807) is 0 Å². The second-order valence-corrected chi connectivity index (χ2v) is 5.41. The number of halogens is 4. The van der Waals surface area contributed by atoms with E-state index in [9.17, 15) is 27.2 Å². The lowest BCUT2D eigenvalue weighted by Gasteiger charge is -2.34. The molecule has 2 amide bonds. The number of hydrogen-bond acceptors (Lipinski definition) is 4. The Morgan fingerprint density at radius 1 is 1.42 bits per heavy atom. The van der Waals surface area contributed by atoms with Crippen molar-refractivity contribution in [3.8, 4) is 5.75 Å². The van der Waals surface area contributed by atoms with Crippen LogP contribution in [-0.2, 0) is 14.3 Å². The minimum atomic E-state index is -4.94. The fraction of sp³-hybridized carbons (Fsp3) is 0.375. The van der Waals surface area contributed by atoms with E-state index in [2.05, 4.69) is 16.6 Å². The molecule has 6 nitrogen and oxygen atoms in total. The van der Waals surface area contributed by atoms with E-state index in [1.165, 1.54) is 4.90 Å². The fourth-order valence-electron chi connectivity index (χ4n) is 2.44. The molecule has 1 atom stereocenters. The number of anilines is 1. The summed E-state index contributed by atoms with van der Waals surface area (Å²) >= 11 is 0. The number of hydrogen-bond donors (Lipinski definition) is 1. The second-order valence-electron chi connectivity index (χ2n) is 5.41. The molecule has 1 aliphatic rings. The lowest BCUT2D eigenvalue weighted by Crippen LogP contribution is -2.49. The summed E-state index contributed by atoms with van der Waals surface area (Å²) in [6.07, 6.45) is -4.05. The predicted octanol–water partition coefficient (Wildman–Crippen LogP) is 2.47. The van der Waals surface area contributed by atoms with E-state index >= 15 is 0 Å². The van der Waals surface area contributed by atoms with E-state index in [1.807, 2.05) is 0 Å². The SMILES string of the molecule is C=CC(=O)N1CCOCC1CC(=O)Nc1cc(OC(F)(F)F)ccc1F. The number of alkyl halides is 3. The normalized spacial score (nSPS) is 17.5. The molecule has 1 aromatic carbocycles. The predicted molar refractivity (Wildman–Crippen MR) is 82.8 cm³/mol. The average Bonchev–Trinajstić information content (AvgIpc) is 2.56. The molecule has 1 N–H and O–H groups in total. The van der Waals surface area contributed by atoms with Crippen molar-refractivity contribution in [3.05, 3.63) is 36.7 Å². The fourth-order valence-corrected chi connectivity index (χ4v) is 2.44. The van der Waals surface area contributed by atoms with Gasteiger partial charge in [-0.3, -0.25) is 9.59 Å². The van der Waals surface area contributed by atoms with Crippen LogP contribution in [0.3, 0.4) is 0 Å². The van der Waals surface area contributed by atoms with Crippen LogP contribution < -0.4 is 10.1 Å². The Morgan fingerprint density at radius 2 is 2.15 bits per heavy atom. The Balaban J connectivity index is 2.05. The van der Waals surface area contributed by atoms with Crippen LogP contribution >= 0.6 is 0 Å². The average molecular weight is 376 g/mol. The van der Waals surface area contributed by atoms with Crippen molar-refractivity contribution in [2.45, 2.75) is 18.8 Å². The van der Waals surface area contributed by atoms with Crippen molar-refractivity contribution in [1.82, 2.24) is 4.90 Å². The third-order valence-electron chi connectivity index (χ3n) is 3.55. The Morgan fingerprint density at radius 3 is 2.81 bits per heavy atom. The Kier molecular flexibility index (Phi) is 6.19. The van der Waals surface area contributed by atoms with Crippen molar-refractivity contribution >= 4 is 17.5 Å². The molecule has 2 rings (SSSR count). The molecule has 0 aromatic heterocycles. The second kappa shape index (κ2) is 8.17. The zero-order valence-corrected chi connectivity index (χ0v) is 13.5. The zero-order valence-electron chi connectivity index (χ0n) is 13.5. The Labute approximate surface area is 146 Å². The van der Waals surface area contributed by atoms with Gasteiger partial charge in [-0.1, -0.05) is 6.58 Å². The molecule has 0 bridgehead atoms. The molecular formula is C16H16F4N2O4. The monoisotopic (exact) mass is 376 g/mol. The summed E-state index contributed by atoms with van der Waals surface area (Å²) in [4.78, 5) is 25.3. The van der Waals surface area contributed by atoms with Gasteiger partial charge in [-0.15, -0.1) is 13.2 Å². The largest absolute Gasteiger partial charge is 0.573 e. The lowest BCUT2D eigenvalue weighted by atomic mass is 10.1. The molecule has 0 radical (unpaired) electrons. The van der Waals surface area contributed by atoms with Gasteiger partial charge in [0.1, 0.15) is 11.6 Å². The van der Waals surface area contributed by atoms with Gasteiger partial charge in [-0.25, -0.2) is 4.39 Å². The first-order valence-corrected chi connectivity index (χ1v) is 7.55. The summed E-state index contributed by atoms with van der Waals surface area (Å²) in [7, 11) is 0. The van der Waals surface area contributed by atoms with Crippen LogP contribution in [0.1, 0.15) is 6.42 Å². The van der Waals surface area contributed by atoms with Gasteiger partial charge in [0.15, 0.2) is 0 Å². The zero-order chi connectivity index (χ0) is 19.3. The number of rotatable bonds is 5. The number of nitrogens with one attached hydrogen (secondary N) is 1. The summed E-state index contributed by atoms with van der Waals surface area (Å²) in [6.45, 7) is 4.06. The Hall–Kier alpha value is -2.62. The van der Waals surface area contributed by atoms with Crippen molar-refractivity contribution in [1.29, 1.82) is 0 Å². The molecule has 1 aromatic rings. The van der Waals surface area contributed by atoms with Gasteiger partial charge in [0.2, 0.25) is 11.8 Å². The highest BCUT2D eigenvalue weighted by atomic mass is 19.4. The first kappa shape index (κ1) is 19.7. The lowest BCUT2D eigenvalue weighted by molar-refractivity contribution is -0.274. The molecule has 1 aliphatic heterocycles. The van der Waals surface area contributed by atoms with Gasteiger partial charge in [-0.05, 0) is 18.2 Å². The number of carbonyl (C=O) groups is 2. The standard InChI is InChI=1S/C16H16F4N2O4/c1-2-15(24)22-5-6-25-9-10(22)7-14(23)21-13-8-11(3-4-12(13)17)26-16(18,19)20/h2-4,8,10H,1,5-7,9H2,(H,21,23). The van der Waals surface area contributed by atoms with Gasteiger partial charge < -0.3 is 19.7 Å². The highest BCUT2D eigenvalue weighted by molar-refractivity contribution is 5.92. The molecule has 142 valence electrons. The van der Waals surface area contributed by atoms with Crippen LogP contribution in [0.15, 0.2) is 30.9 Å². The molecule has 10 heteroatoms. The summed E-state index contributed by atoms with van der Waals surface area (Å²) < 4.78 is 59.4. The van der Waals surface area contributed by atoms with Gasteiger partial charge in [0.25, 0.3) is 0 Å². The van der Waals surface area contributed by atoms with Crippen LogP contribution in [-0.4, -0.2) is 48.9 Å². The van der Waals surface area contributed by atoms with Crippen LogP contribution in [0.5, 0.6) is 5.75 Å². The molecular weight excluding hydrogens is 360 g/mol. The first-order valence-electron chi connectivity index (χ1n) is 7.55. The van der Waals surface area contributed by atoms with E-state index in [0.717, 1.165) is 24.3 Å². The van der Waals surface area contributed by atoms with Crippen LogP contribution in [0.25, 0.3) is 0 Å². The number of benzene rings is 1. The van der Waals surface area contributed by atoms with Gasteiger partial charge in [0.05, 0.1) is 24.9 Å². The molecule has 1 heterocycles. The molecule has 1 saturated heterocycles. The third-order valence-corrected chi connectivity index (χ3v) is 3.55. The van der Waals surface area contributed by atoms with Crippen LogP contribution in [0.4, 0.5) is 23.2 Å². The van der Waals surface area contributed by atoms with Crippen molar-refractivity contribution in [2.75, 3.05) is 25.1 Å². The highest BCUT2D eigenvalue weighted by Gasteiger charge is 2.32. The molecule has 26 heavy (non-hydrogen) atoms. The maximum Gasteiger partial charge on any atom is 0.573 e. The van der Waals surface area contributed by atoms with E-state index < -0.39 is 35.6 Å². The smallest absolute Gasteiger partial charge is 0.406 e. The van der Waals surface area contributed by atoms with Gasteiger partial charge >= 0.3 is 6.36 Å². The van der Waals surface area contributed by atoms with Crippen molar-refractivity contribution < 1.29 is 36.6 Å². The molecule has 1 unspecified atom stereocenters. The van der Waals surface area contributed by atoms with Crippen LogP contribution in [0.2, 0.25) is 0 Å².